The molecule has 1 fully saturated rings. The summed E-state index contributed by atoms with van der Waals surface area (Å²) in [5.41, 5.74) is -3.13. The quantitative estimate of drug-likeness (QED) is 0.0267. The third-order valence-electron chi connectivity index (χ3n) is 13.8. The van der Waals surface area contributed by atoms with E-state index >= 15 is 0 Å². The number of ketones is 3. The second-order valence-corrected chi connectivity index (χ2v) is 20.0. The highest BCUT2D eigenvalue weighted by Gasteiger charge is 2.50. The van der Waals surface area contributed by atoms with Crippen LogP contribution >= 0.6 is 35.2 Å². The summed E-state index contributed by atoms with van der Waals surface area (Å²) in [7, 11) is 1.28. The van der Waals surface area contributed by atoms with Gasteiger partial charge >= 0.3 is 6.09 Å². The number of unbranched alkanes of at least 4 members (excludes halogenated alkanes) is 1. The molecule has 0 radical (unpaired) electrons. The maximum Gasteiger partial charge on any atom is 0.407 e. The number of halogens is 3. The predicted molar refractivity (Wildman–Crippen MR) is 281 cm³/mol. The number of nitrogens with one attached hydrogen (secondary N) is 6. The number of rotatable bonds is 22. The normalized spacial score (nSPS) is 21.6. The predicted octanol–water partition coefficient (Wildman–Crippen LogP) is 3.82. The molecule has 418 valence electrons. The molecule has 2 aliphatic carbocycles. The number of anilines is 1. The van der Waals surface area contributed by atoms with Crippen molar-refractivity contribution in [1.29, 1.82) is 0 Å². The van der Waals surface area contributed by atoms with Crippen LogP contribution in [0.1, 0.15) is 106 Å². The van der Waals surface area contributed by atoms with Gasteiger partial charge in [0.1, 0.15) is 54.3 Å². The first-order valence-corrected chi connectivity index (χ1v) is 26.0. The Bertz CT molecular complexity index is 2940. The van der Waals surface area contributed by atoms with E-state index in [-0.39, 0.29) is 64.6 Å². The number of aromatic hydroxyl groups is 2. The van der Waals surface area contributed by atoms with Crippen molar-refractivity contribution in [2.45, 2.75) is 120 Å². The van der Waals surface area contributed by atoms with Crippen LogP contribution in [-0.4, -0.2) is 135 Å². The van der Waals surface area contributed by atoms with E-state index in [1.807, 2.05) is 6.07 Å². The SMILES string of the molecule is COc1cccc2c1C(=O)c1c(O)c3c(c(O)c1C2=O)C[C@@](O)(C(=O)CO)C[C@@H]3O[C@H]1C[C@H](NC(=O)OCc2ccc(NC(=O)[C@H](CCCCNCl)NC(=O)[C@H](Cc3ccccc3)NC(=O)[C@@H](C)NCl)c(Cl)c2)[C@H](O)[C@H](C)O1. The third-order valence-corrected chi connectivity index (χ3v) is 14.7. The molecule has 1 aliphatic heterocycles. The zero-order valence-corrected chi connectivity index (χ0v) is 44.7. The van der Waals surface area contributed by atoms with Crippen LogP contribution in [0, 0.1) is 0 Å². The van der Waals surface area contributed by atoms with Crippen LogP contribution < -0.4 is 35.7 Å². The number of phenolic OH excluding ortho intramolecular Hbond substituents is 2. The molecular formula is C53H59Cl3N6O16. The summed E-state index contributed by atoms with van der Waals surface area (Å²) in [6, 6.07) is 13.5. The molecule has 25 heteroatoms. The maximum absolute atomic E-state index is 14.1. The number of alkyl carbamates (subject to hydrolysis) is 1. The standard InChI is InChI=1S/C53H59Cl3N6O16/c1-25(62-56)49(70)60-35(19-27-10-5-4-6-11-27)51(72)59-33(13-7-8-17-57-55)50(71)58-32-16-15-28(18-31(32)54)24-76-52(73)61-34-20-39(77-26(2)44(34)65)78-37-22-53(74,38(64)23-63)21-30-41(37)48(69)43-42(46(30)67)45(66)29-12-9-14-36(75-3)40(29)47(43)68/h4-6,9-12,14-16,18,25-26,33-35,37,39,44,57,62-63,65,67,69,74H,7-8,13,17,19-24H2,1-3H3,(H,58,71)(H,59,72)(H,60,70)(H,61,73)/t25-,26+,33+,34+,35+,37+,39+,44-,53+/m1/s1. The zero-order chi connectivity index (χ0) is 56.6. The molecule has 4 aromatic rings. The molecule has 1 saturated heterocycles. The summed E-state index contributed by atoms with van der Waals surface area (Å²) >= 11 is 17.9. The van der Waals surface area contributed by atoms with Crippen molar-refractivity contribution in [2.75, 3.05) is 25.6 Å². The van der Waals surface area contributed by atoms with Gasteiger partial charge < -0.3 is 65.7 Å². The molecule has 9 atom stereocenters. The Balaban J connectivity index is 1.02. The van der Waals surface area contributed by atoms with Crippen molar-refractivity contribution >= 4 is 82.0 Å². The Morgan fingerprint density at radius 1 is 0.872 bits per heavy atom. The number of benzene rings is 4. The van der Waals surface area contributed by atoms with Gasteiger partial charge in [0.25, 0.3) is 0 Å². The van der Waals surface area contributed by atoms with Crippen molar-refractivity contribution in [3.63, 3.8) is 0 Å². The van der Waals surface area contributed by atoms with Crippen LogP contribution in [0.3, 0.4) is 0 Å². The summed E-state index contributed by atoms with van der Waals surface area (Å²) in [5, 5.41) is 67.1. The van der Waals surface area contributed by atoms with Crippen molar-refractivity contribution < 1.29 is 78.0 Å². The highest BCUT2D eigenvalue weighted by atomic mass is 35.5. The second-order valence-electron chi connectivity index (χ2n) is 19.1. The van der Waals surface area contributed by atoms with E-state index in [4.69, 9.17) is 54.1 Å². The summed E-state index contributed by atoms with van der Waals surface area (Å²) in [6.45, 7) is 1.94. The maximum atomic E-state index is 14.1. The first kappa shape index (κ1) is 59.2. The molecule has 0 saturated carbocycles. The van der Waals surface area contributed by atoms with Gasteiger partial charge in [-0.25, -0.2) is 14.5 Å². The number of phenols is 2. The van der Waals surface area contributed by atoms with Crippen LogP contribution in [0.5, 0.6) is 17.2 Å². The molecule has 1 heterocycles. The smallest absolute Gasteiger partial charge is 0.407 e. The van der Waals surface area contributed by atoms with Crippen LogP contribution in [-0.2, 0) is 52.8 Å². The lowest BCUT2D eigenvalue weighted by Crippen LogP contribution is -2.56. The van der Waals surface area contributed by atoms with Crippen LogP contribution in [0.25, 0.3) is 0 Å². The fourth-order valence-electron chi connectivity index (χ4n) is 9.66. The van der Waals surface area contributed by atoms with Gasteiger partial charge in [0.05, 0.1) is 58.8 Å². The monoisotopic (exact) mass is 1140 g/mol. The minimum absolute atomic E-state index is 0.0240. The van der Waals surface area contributed by atoms with Gasteiger partial charge in [-0.2, -0.15) is 0 Å². The molecular weight excluding hydrogens is 1080 g/mol. The van der Waals surface area contributed by atoms with E-state index in [2.05, 4.69) is 30.9 Å². The first-order chi connectivity index (χ1) is 37.2. The lowest BCUT2D eigenvalue weighted by Gasteiger charge is -2.42. The molecule has 4 amide bonds. The minimum Gasteiger partial charge on any atom is -0.507 e. The number of ether oxygens (including phenoxy) is 4. The number of aliphatic hydroxyl groups excluding tert-OH is 2. The van der Waals surface area contributed by atoms with Gasteiger partial charge in [-0.1, -0.05) is 60.1 Å². The average molecular weight is 1140 g/mol. The molecule has 0 bridgehead atoms. The Kier molecular flexibility index (Phi) is 19.8. The fraction of sp³-hybridized carbons (Fsp3) is 0.415. The largest absolute Gasteiger partial charge is 0.507 e. The number of methoxy groups -OCH3 is 1. The number of hydrogen-bond donors (Lipinski definition) is 11. The number of aliphatic hydroxyl groups is 3. The van der Waals surface area contributed by atoms with Crippen LogP contribution in [0.15, 0.2) is 66.7 Å². The second kappa shape index (κ2) is 26.0. The van der Waals surface area contributed by atoms with Crippen molar-refractivity contribution in [2.24, 2.45) is 0 Å². The fourth-order valence-corrected chi connectivity index (χ4v) is 10.1. The summed E-state index contributed by atoms with van der Waals surface area (Å²) in [5.74, 6) is -6.14. The lowest BCUT2D eigenvalue weighted by molar-refractivity contribution is -0.249. The molecule has 78 heavy (non-hydrogen) atoms. The molecule has 0 aromatic heterocycles. The van der Waals surface area contributed by atoms with Gasteiger partial charge in [0.15, 0.2) is 17.9 Å². The van der Waals surface area contributed by atoms with E-state index in [0.29, 0.717) is 24.9 Å². The number of hydrogen-bond acceptors (Lipinski definition) is 18. The molecule has 4 aromatic carbocycles. The van der Waals surface area contributed by atoms with Gasteiger partial charge in [-0.3, -0.25) is 28.8 Å². The van der Waals surface area contributed by atoms with E-state index < -0.39 is 138 Å². The highest BCUT2D eigenvalue weighted by Crippen LogP contribution is 2.52. The highest BCUT2D eigenvalue weighted by molar-refractivity contribution is 6.34. The number of amides is 4. The summed E-state index contributed by atoms with van der Waals surface area (Å²) in [6.07, 6.45) is -6.62. The van der Waals surface area contributed by atoms with Crippen LogP contribution in [0.4, 0.5) is 10.5 Å². The van der Waals surface area contributed by atoms with E-state index in [0.717, 1.165) is 5.56 Å². The third kappa shape index (κ3) is 13.2. The molecule has 7 rings (SSSR count). The number of fused-ring (bicyclic) bond motifs is 3. The Morgan fingerprint density at radius 3 is 2.27 bits per heavy atom. The average Bonchev–Trinajstić information content (AvgIpc) is 3.61. The van der Waals surface area contributed by atoms with Gasteiger partial charge in [-0.05, 0) is 86.0 Å². The zero-order valence-electron chi connectivity index (χ0n) is 42.4. The summed E-state index contributed by atoms with van der Waals surface area (Å²) in [4.78, 5) is 99.7. The van der Waals surface area contributed by atoms with Gasteiger partial charge in [-0.15, -0.1) is 0 Å². The van der Waals surface area contributed by atoms with Crippen molar-refractivity contribution in [3.8, 4) is 17.2 Å². The van der Waals surface area contributed by atoms with Crippen LogP contribution in [0.2, 0.25) is 5.02 Å². The minimum atomic E-state index is -2.42. The Labute approximate surface area is 462 Å². The lowest BCUT2D eigenvalue weighted by atomic mass is 9.72. The van der Waals surface area contributed by atoms with Gasteiger partial charge in [0, 0.05) is 48.9 Å². The first-order valence-electron chi connectivity index (χ1n) is 24.8. The molecule has 0 unspecified atom stereocenters. The van der Waals surface area contributed by atoms with Crippen molar-refractivity contribution in [1.82, 2.24) is 25.6 Å². The Hall–Kier alpha value is -6.44. The van der Waals surface area contributed by atoms with Crippen molar-refractivity contribution in [3.05, 3.63) is 116 Å². The topological polar surface area (TPSA) is 330 Å². The molecule has 11 N–H and O–H groups in total. The van der Waals surface area contributed by atoms with E-state index in [9.17, 15) is 59.1 Å². The molecule has 3 aliphatic rings. The number of Topliss-reactive ketones (excluding diaryl/α,β-unsaturated/α-hetero) is 1. The number of carbonyl (C=O) groups excluding carboxylic acids is 7. The number of carbonyl (C=O) groups is 7. The van der Waals surface area contributed by atoms with E-state index in [1.54, 1.807) is 24.3 Å². The Morgan fingerprint density at radius 2 is 1.59 bits per heavy atom. The molecule has 0 spiro atoms. The van der Waals surface area contributed by atoms with E-state index in [1.165, 1.54) is 57.4 Å². The molecule has 22 nitrogen and oxygen atoms in total. The summed E-state index contributed by atoms with van der Waals surface area (Å²) < 4.78 is 23.0. The van der Waals surface area contributed by atoms with Gasteiger partial charge in [0.2, 0.25) is 23.5 Å².